The van der Waals surface area contributed by atoms with Crippen molar-refractivity contribution in [2.75, 3.05) is 37.0 Å². The largest absolute Gasteiger partial charge is 0.479 e. The van der Waals surface area contributed by atoms with Crippen LogP contribution in [0.3, 0.4) is 0 Å². The molecule has 2 aliphatic rings. The lowest BCUT2D eigenvalue weighted by Gasteiger charge is -2.42. The third-order valence-corrected chi connectivity index (χ3v) is 8.82. The Morgan fingerprint density at radius 3 is 2.57 bits per heavy atom. The Balaban J connectivity index is 1.42. The van der Waals surface area contributed by atoms with E-state index in [1.807, 2.05) is 18.0 Å². The molecule has 0 saturated carbocycles. The van der Waals surface area contributed by atoms with Crippen molar-refractivity contribution in [2.45, 2.75) is 63.4 Å². The van der Waals surface area contributed by atoms with Gasteiger partial charge in [0.05, 0.1) is 23.2 Å². The van der Waals surface area contributed by atoms with Gasteiger partial charge in [0.2, 0.25) is 12.2 Å². The Morgan fingerprint density at radius 1 is 1.13 bits per heavy atom. The van der Waals surface area contributed by atoms with Crippen LogP contribution in [0.25, 0.3) is 11.0 Å². The molecule has 16 heteroatoms. The molecule has 0 aliphatic carbocycles. The number of hydrogen-bond acceptors (Lipinski definition) is 12. The van der Waals surface area contributed by atoms with E-state index >= 15 is 0 Å². The molecule has 47 heavy (non-hydrogen) atoms. The summed E-state index contributed by atoms with van der Waals surface area (Å²) in [7, 11) is 3.37. The highest BCUT2D eigenvalue weighted by atomic mass is 16.7. The number of aliphatic hydroxyl groups excluding tert-OH is 3. The zero-order chi connectivity index (χ0) is 34.2. The quantitative estimate of drug-likeness (QED) is 0.277. The Morgan fingerprint density at radius 2 is 1.87 bits per heavy atom. The Kier molecular flexibility index (Phi) is 9.63. The SMILES string of the molecule is Cc1ccc(O[C@@H]2O[C@H](C(=O)O)[C@@H](O)[C@H](O)[C@H]2O)c(N(C)C(=O)n2ccc3c(N(C)[C@H]4CN(C(=O)CC#N)CC[C@H]4C)ncnc32)c1. The molecule has 7 atom stereocenters. The van der Waals surface area contributed by atoms with Crippen LogP contribution in [0.15, 0.2) is 36.8 Å². The van der Waals surface area contributed by atoms with Gasteiger partial charge < -0.3 is 39.7 Å². The summed E-state index contributed by atoms with van der Waals surface area (Å²) < 4.78 is 12.4. The molecule has 250 valence electrons. The molecule has 0 spiro atoms. The first-order chi connectivity index (χ1) is 22.3. The number of nitriles is 1. The second-order valence-corrected chi connectivity index (χ2v) is 11.9. The van der Waals surface area contributed by atoms with Crippen molar-refractivity contribution in [1.82, 2.24) is 19.4 Å². The van der Waals surface area contributed by atoms with Crippen molar-refractivity contribution in [3.63, 3.8) is 0 Å². The smallest absolute Gasteiger partial charge is 0.335 e. The van der Waals surface area contributed by atoms with Crippen molar-refractivity contribution in [1.29, 1.82) is 5.26 Å². The lowest BCUT2D eigenvalue weighted by Crippen LogP contribution is -2.61. The monoisotopic (exact) mass is 651 g/mol. The van der Waals surface area contributed by atoms with Crippen molar-refractivity contribution in [3.05, 3.63) is 42.4 Å². The minimum Gasteiger partial charge on any atom is -0.479 e. The van der Waals surface area contributed by atoms with Crippen LogP contribution in [0.5, 0.6) is 5.75 Å². The average molecular weight is 652 g/mol. The molecule has 0 radical (unpaired) electrons. The third kappa shape index (κ3) is 6.43. The number of aromatic nitrogens is 3. The fourth-order valence-electron chi connectivity index (χ4n) is 6.02. The van der Waals surface area contributed by atoms with E-state index < -0.39 is 42.7 Å². The van der Waals surface area contributed by atoms with Crippen LogP contribution in [0, 0.1) is 24.2 Å². The van der Waals surface area contributed by atoms with Gasteiger partial charge in [0.1, 0.15) is 42.6 Å². The average Bonchev–Trinajstić information content (AvgIpc) is 3.49. The van der Waals surface area contributed by atoms with Gasteiger partial charge in [0.25, 0.3) is 0 Å². The summed E-state index contributed by atoms with van der Waals surface area (Å²) in [6.45, 7) is 4.88. The van der Waals surface area contributed by atoms with Gasteiger partial charge in [-0.15, -0.1) is 0 Å². The number of hydrogen-bond donors (Lipinski definition) is 4. The topological polar surface area (TPSA) is 215 Å². The van der Waals surface area contributed by atoms with E-state index in [-0.39, 0.29) is 35.7 Å². The van der Waals surface area contributed by atoms with E-state index in [0.29, 0.717) is 29.9 Å². The second-order valence-electron chi connectivity index (χ2n) is 11.9. The molecule has 3 aromatic rings. The highest BCUT2D eigenvalue weighted by molar-refractivity contribution is 6.01. The highest BCUT2D eigenvalue weighted by Gasteiger charge is 2.48. The number of carbonyl (C=O) groups is 3. The number of anilines is 2. The van der Waals surface area contributed by atoms with Gasteiger partial charge in [0, 0.05) is 33.4 Å². The Labute approximate surface area is 270 Å². The lowest BCUT2D eigenvalue weighted by molar-refractivity contribution is -0.271. The molecule has 1 aromatic carbocycles. The molecular weight excluding hydrogens is 614 g/mol. The maximum atomic E-state index is 13.9. The standard InChI is InChI=1S/C31H37N7O9/c1-16-5-6-21(46-30-25(42)23(40)24(41)26(47-30)29(43)44)19(13-16)36(4)31(45)38-12-9-18-27(33-15-34-28(18)38)35(3)20-14-37(11-8-17(20)2)22(39)7-10-32/h5-6,9,12-13,15,17,20,23-26,30,40-42H,7-8,11,14H2,1-4H3,(H,43,44)/t17-,20+,23+,24+,25-,26+,30-/m1/s1. The number of nitrogens with zero attached hydrogens (tertiary/aromatic N) is 7. The number of rotatable bonds is 7. The van der Waals surface area contributed by atoms with Gasteiger partial charge in [-0.05, 0) is 43.0 Å². The van der Waals surface area contributed by atoms with E-state index in [9.17, 15) is 34.8 Å². The minimum atomic E-state index is -1.89. The molecule has 2 amide bonds. The number of carboxylic acid groups (broad SMARTS) is 1. The fraction of sp³-hybridized carbons (Fsp3) is 0.484. The lowest BCUT2D eigenvalue weighted by atomic mass is 9.92. The molecule has 2 aromatic heterocycles. The van der Waals surface area contributed by atoms with Crippen molar-refractivity contribution in [2.24, 2.45) is 5.92 Å². The normalized spacial score (nSPS) is 26.0. The number of aliphatic hydroxyl groups is 3. The summed E-state index contributed by atoms with van der Waals surface area (Å²) in [5, 5.41) is 49.7. The predicted octanol–water partition coefficient (Wildman–Crippen LogP) is 0.702. The highest BCUT2D eigenvalue weighted by Crippen LogP contribution is 2.34. The molecule has 4 heterocycles. The van der Waals surface area contributed by atoms with Crippen LogP contribution < -0.4 is 14.5 Å². The first-order valence-corrected chi connectivity index (χ1v) is 15.0. The fourth-order valence-corrected chi connectivity index (χ4v) is 6.02. The Hall–Kier alpha value is -4.82. The molecule has 5 rings (SSSR count). The van der Waals surface area contributed by atoms with Crippen molar-refractivity contribution < 1.29 is 44.3 Å². The summed E-state index contributed by atoms with van der Waals surface area (Å²) >= 11 is 0. The first kappa shape index (κ1) is 33.5. The molecule has 2 saturated heterocycles. The molecule has 2 fully saturated rings. The number of benzene rings is 1. The number of aliphatic carboxylic acids is 1. The number of ether oxygens (including phenoxy) is 2. The number of amides is 2. The number of carbonyl (C=O) groups excluding carboxylic acids is 2. The van der Waals surface area contributed by atoms with E-state index in [2.05, 4.69) is 16.9 Å². The number of fused-ring (bicyclic) bond motifs is 1. The van der Waals surface area contributed by atoms with Crippen molar-refractivity contribution >= 4 is 40.4 Å². The molecule has 2 aliphatic heterocycles. The van der Waals surface area contributed by atoms with Crippen LogP contribution >= 0.6 is 0 Å². The van der Waals surface area contributed by atoms with E-state index in [1.54, 1.807) is 36.2 Å². The van der Waals surface area contributed by atoms with Gasteiger partial charge >= 0.3 is 12.0 Å². The number of piperidine rings is 1. The summed E-state index contributed by atoms with van der Waals surface area (Å²) in [6, 6.07) is 7.83. The second kappa shape index (κ2) is 13.5. The van der Waals surface area contributed by atoms with E-state index in [4.69, 9.17) is 14.7 Å². The predicted molar refractivity (Wildman–Crippen MR) is 166 cm³/mol. The minimum absolute atomic E-state index is 0.0384. The Bertz CT molecular complexity index is 1710. The van der Waals surface area contributed by atoms with Gasteiger partial charge in [-0.25, -0.2) is 19.6 Å². The van der Waals surface area contributed by atoms with Crippen LogP contribution in [0.2, 0.25) is 0 Å². The molecule has 16 nitrogen and oxygen atoms in total. The summed E-state index contributed by atoms with van der Waals surface area (Å²) in [5.74, 6) is -0.955. The van der Waals surface area contributed by atoms with E-state index in [1.165, 1.54) is 28.9 Å². The molecule has 0 bridgehead atoms. The van der Waals surface area contributed by atoms with Crippen LogP contribution in [-0.2, 0) is 14.3 Å². The molecular formula is C31H37N7O9. The number of carboxylic acids is 1. The zero-order valence-electron chi connectivity index (χ0n) is 26.3. The van der Waals surface area contributed by atoms with E-state index in [0.717, 1.165) is 12.0 Å². The molecule has 0 unspecified atom stereocenters. The van der Waals surface area contributed by atoms with Gasteiger partial charge in [-0.3, -0.25) is 14.3 Å². The zero-order valence-corrected chi connectivity index (χ0v) is 26.3. The van der Waals surface area contributed by atoms with Crippen LogP contribution in [-0.4, -0.2) is 122 Å². The molecule has 4 N–H and O–H groups in total. The van der Waals surface area contributed by atoms with Gasteiger partial charge in [-0.1, -0.05) is 13.0 Å². The number of likely N-dealkylation sites (N-methyl/N-ethyl adjacent to an activating group) is 1. The third-order valence-electron chi connectivity index (χ3n) is 8.82. The summed E-state index contributed by atoms with van der Waals surface area (Å²) in [6.07, 6.45) is -5.59. The maximum absolute atomic E-state index is 13.9. The van der Waals surface area contributed by atoms with Crippen LogP contribution in [0.1, 0.15) is 25.3 Å². The summed E-state index contributed by atoms with van der Waals surface area (Å²) in [5.41, 5.74) is 1.32. The van der Waals surface area contributed by atoms with Gasteiger partial charge in [-0.2, -0.15) is 5.26 Å². The van der Waals surface area contributed by atoms with Crippen molar-refractivity contribution in [3.8, 4) is 11.8 Å². The first-order valence-electron chi connectivity index (χ1n) is 15.0. The number of likely N-dealkylation sites (tertiary alicyclic amines) is 1. The van der Waals surface area contributed by atoms with Crippen LogP contribution in [0.4, 0.5) is 16.3 Å². The maximum Gasteiger partial charge on any atom is 0.335 e. The number of aryl methyl sites for hydroxylation is 1. The van der Waals surface area contributed by atoms with Gasteiger partial charge in [0.15, 0.2) is 11.8 Å². The summed E-state index contributed by atoms with van der Waals surface area (Å²) in [4.78, 5) is 51.8.